The predicted molar refractivity (Wildman–Crippen MR) is 116 cm³/mol. The van der Waals surface area contributed by atoms with E-state index in [1.165, 1.54) is 17.7 Å². The number of anilines is 2. The lowest BCUT2D eigenvalue weighted by Crippen LogP contribution is -2.24. The Balaban J connectivity index is 1.49. The minimum atomic E-state index is 0.361. The van der Waals surface area contributed by atoms with Gasteiger partial charge in [-0.3, -0.25) is 14.6 Å². The third-order valence-electron chi connectivity index (χ3n) is 5.75. The van der Waals surface area contributed by atoms with Gasteiger partial charge in [0.2, 0.25) is 0 Å². The lowest BCUT2D eigenvalue weighted by molar-refractivity contribution is 0.243. The number of pyridine rings is 2. The molecule has 0 unspecified atom stereocenters. The lowest BCUT2D eigenvalue weighted by atomic mass is 10.1. The van der Waals surface area contributed by atoms with Gasteiger partial charge in [0.1, 0.15) is 5.82 Å². The number of hydrogen-bond donors (Lipinski definition) is 1. The molecular weight excluding hydrogens is 360 g/mol. The summed E-state index contributed by atoms with van der Waals surface area (Å²) in [6.45, 7) is 10.7. The normalized spacial score (nSPS) is 17.2. The second kappa shape index (κ2) is 8.33. The molecule has 3 aromatic rings. The van der Waals surface area contributed by atoms with Crippen molar-refractivity contribution in [3.05, 3.63) is 65.4 Å². The molecule has 1 atom stereocenters. The molecule has 3 aromatic heterocycles. The molecule has 152 valence electrons. The average Bonchev–Trinajstić information content (AvgIpc) is 3.29. The number of aromatic nitrogens is 4. The molecule has 6 nitrogen and oxygen atoms in total. The number of likely N-dealkylation sites (tertiary alicyclic amines) is 1. The third kappa shape index (κ3) is 4.17. The minimum absolute atomic E-state index is 0.361. The standard InChI is InChI=1S/C23H30N6/c1-16(2)29-18(4)20(17(3)27-29)15-28-13-7-8-22(28)21-11-10-19(14-25-21)26-23-9-5-6-12-24-23/h5-6,9-12,14,16,22H,7-8,13,15H2,1-4H3,(H,24,26)/t22-/m0/s1. The first kappa shape index (κ1) is 19.6. The maximum Gasteiger partial charge on any atom is 0.130 e. The number of hydrogen-bond acceptors (Lipinski definition) is 5. The van der Waals surface area contributed by atoms with E-state index in [1.807, 2.05) is 24.4 Å². The van der Waals surface area contributed by atoms with Crippen LogP contribution >= 0.6 is 0 Å². The van der Waals surface area contributed by atoms with E-state index in [9.17, 15) is 0 Å². The van der Waals surface area contributed by atoms with E-state index in [2.05, 4.69) is 59.7 Å². The van der Waals surface area contributed by atoms with Crippen LogP contribution in [0.3, 0.4) is 0 Å². The summed E-state index contributed by atoms with van der Waals surface area (Å²) >= 11 is 0. The highest BCUT2D eigenvalue weighted by Gasteiger charge is 2.28. The maximum absolute atomic E-state index is 4.77. The Morgan fingerprint density at radius 1 is 1.14 bits per heavy atom. The van der Waals surface area contributed by atoms with Gasteiger partial charge in [-0.05, 0) is 71.3 Å². The van der Waals surface area contributed by atoms with Gasteiger partial charge in [-0.15, -0.1) is 0 Å². The molecule has 0 aromatic carbocycles. The SMILES string of the molecule is Cc1nn(C(C)C)c(C)c1CN1CCC[C@H]1c1ccc(Nc2ccccn2)cn1. The number of nitrogens with zero attached hydrogens (tertiary/aromatic N) is 5. The number of nitrogens with one attached hydrogen (secondary N) is 1. The van der Waals surface area contributed by atoms with Crippen LogP contribution in [0.4, 0.5) is 11.5 Å². The Labute approximate surface area is 173 Å². The molecule has 1 saturated heterocycles. The van der Waals surface area contributed by atoms with Crippen molar-refractivity contribution in [3.8, 4) is 0 Å². The quantitative estimate of drug-likeness (QED) is 0.645. The van der Waals surface area contributed by atoms with Crippen LogP contribution < -0.4 is 5.32 Å². The molecule has 1 fully saturated rings. The van der Waals surface area contributed by atoms with Crippen LogP contribution in [0, 0.1) is 13.8 Å². The molecule has 0 saturated carbocycles. The summed E-state index contributed by atoms with van der Waals surface area (Å²) in [6, 6.07) is 10.8. The monoisotopic (exact) mass is 390 g/mol. The Hall–Kier alpha value is -2.73. The largest absolute Gasteiger partial charge is 0.339 e. The van der Waals surface area contributed by atoms with E-state index >= 15 is 0 Å². The Bertz CT molecular complexity index is 946. The third-order valence-corrected chi connectivity index (χ3v) is 5.75. The molecule has 0 amide bonds. The zero-order chi connectivity index (χ0) is 20.4. The Kier molecular flexibility index (Phi) is 5.62. The second-order valence-electron chi connectivity index (χ2n) is 8.13. The topological polar surface area (TPSA) is 58.9 Å². The molecule has 6 heteroatoms. The van der Waals surface area contributed by atoms with Crippen molar-refractivity contribution in [3.63, 3.8) is 0 Å². The first-order chi connectivity index (χ1) is 14.0. The molecule has 1 N–H and O–H groups in total. The Morgan fingerprint density at radius 2 is 2.00 bits per heavy atom. The number of rotatable bonds is 6. The summed E-state index contributed by atoms with van der Waals surface area (Å²) in [6.07, 6.45) is 6.05. The highest BCUT2D eigenvalue weighted by molar-refractivity contribution is 5.54. The highest BCUT2D eigenvalue weighted by atomic mass is 15.3. The van der Waals surface area contributed by atoms with Crippen molar-refractivity contribution < 1.29 is 0 Å². The molecule has 29 heavy (non-hydrogen) atoms. The van der Waals surface area contributed by atoms with Crippen LogP contribution in [0.1, 0.15) is 61.4 Å². The smallest absolute Gasteiger partial charge is 0.130 e. The van der Waals surface area contributed by atoms with Gasteiger partial charge in [0.25, 0.3) is 0 Å². The average molecular weight is 391 g/mol. The van der Waals surface area contributed by atoms with Gasteiger partial charge in [-0.1, -0.05) is 6.07 Å². The molecule has 1 aliphatic heterocycles. The van der Waals surface area contributed by atoms with Crippen LogP contribution in [0.2, 0.25) is 0 Å². The zero-order valence-corrected chi connectivity index (χ0v) is 17.8. The number of aryl methyl sites for hydroxylation is 1. The summed E-state index contributed by atoms with van der Waals surface area (Å²) < 4.78 is 2.14. The van der Waals surface area contributed by atoms with E-state index in [0.29, 0.717) is 12.1 Å². The first-order valence-electron chi connectivity index (χ1n) is 10.5. The lowest BCUT2D eigenvalue weighted by Gasteiger charge is -2.24. The molecular formula is C23H30N6. The zero-order valence-electron chi connectivity index (χ0n) is 17.8. The summed E-state index contributed by atoms with van der Waals surface area (Å²) in [5.41, 5.74) is 5.89. The minimum Gasteiger partial charge on any atom is -0.339 e. The maximum atomic E-state index is 4.77. The van der Waals surface area contributed by atoms with Crippen LogP contribution in [0.15, 0.2) is 42.7 Å². The molecule has 4 heterocycles. The van der Waals surface area contributed by atoms with E-state index in [-0.39, 0.29) is 0 Å². The van der Waals surface area contributed by atoms with Crippen LogP contribution in [0.25, 0.3) is 0 Å². The Morgan fingerprint density at radius 3 is 2.66 bits per heavy atom. The molecule has 4 rings (SSSR count). The predicted octanol–water partition coefficient (Wildman–Crippen LogP) is 4.95. The second-order valence-corrected chi connectivity index (χ2v) is 8.13. The first-order valence-corrected chi connectivity index (χ1v) is 10.5. The summed E-state index contributed by atoms with van der Waals surface area (Å²) in [5, 5.41) is 8.06. The van der Waals surface area contributed by atoms with Gasteiger partial charge < -0.3 is 5.32 Å². The van der Waals surface area contributed by atoms with E-state index in [0.717, 1.165) is 42.4 Å². The van der Waals surface area contributed by atoms with Gasteiger partial charge in [-0.25, -0.2) is 4.98 Å². The van der Waals surface area contributed by atoms with E-state index in [1.54, 1.807) is 6.20 Å². The molecule has 0 aliphatic carbocycles. The van der Waals surface area contributed by atoms with E-state index < -0.39 is 0 Å². The molecule has 0 spiro atoms. The van der Waals surface area contributed by atoms with Gasteiger partial charge >= 0.3 is 0 Å². The van der Waals surface area contributed by atoms with Crippen LogP contribution in [-0.2, 0) is 6.54 Å². The summed E-state index contributed by atoms with van der Waals surface area (Å²) in [4.78, 5) is 11.6. The summed E-state index contributed by atoms with van der Waals surface area (Å²) in [7, 11) is 0. The van der Waals surface area contributed by atoms with Crippen molar-refractivity contribution in [1.82, 2.24) is 24.6 Å². The molecule has 1 aliphatic rings. The van der Waals surface area contributed by atoms with Gasteiger partial charge in [0.05, 0.1) is 29.3 Å². The van der Waals surface area contributed by atoms with Crippen LogP contribution in [-0.4, -0.2) is 31.2 Å². The van der Waals surface area contributed by atoms with Crippen molar-refractivity contribution in [1.29, 1.82) is 0 Å². The molecule has 0 bridgehead atoms. The fourth-order valence-corrected chi connectivity index (χ4v) is 4.24. The van der Waals surface area contributed by atoms with Gasteiger partial charge in [0.15, 0.2) is 0 Å². The fraction of sp³-hybridized carbons (Fsp3) is 0.435. The van der Waals surface area contributed by atoms with Crippen molar-refractivity contribution in [2.45, 2.75) is 59.2 Å². The summed E-state index contributed by atoms with van der Waals surface area (Å²) in [5.74, 6) is 0.831. The fourth-order valence-electron chi connectivity index (χ4n) is 4.24. The van der Waals surface area contributed by atoms with Crippen molar-refractivity contribution in [2.24, 2.45) is 0 Å². The highest BCUT2D eigenvalue weighted by Crippen LogP contribution is 2.33. The van der Waals surface area contributed by atoms with Crippen LogP contribution in [0.5, 0.6) is 0 Å². The molecule has 0 radical (unpaired) electrons. The van der Waals surface area contributed by atoms with Gasteiger partial charge in [0, 0.05) is 30.0 Å². The van der Waals surface area contributed by atoms with Crippen molar-refractivity contribution in [2.75, 3.05) is 11.9 Å². The van der Waals surface area contributed by atoms with Gasteiger partial charge in [-0.2, -0.15) is 5.10 Å². The van der Waals surface area contributed by atoms with Crippen molar-refractivity contribution >= 4 is 11.5 Å². The van der Waals surface area contributed by atoms with E-state index in [4.69, 9.17) is 10.1 Å².